The fourth-order valence-corrected chi connectivity index (χ4v) is 3.45. The van der Waals surface area contributed by atoms with Gasteiger partial charge in [-0.3, -0.25) is 4.79 Å². The molecule has 0 spiro atoms. The predicted molar refractivity (Wildman–Crippen MR) is 95.0 cm³/mol. The van der Waals surface area contributed by atoms with Gasteiger partial charge in [-0.25, -0.2) is 13.2 Å². The Kier molecular flexibility index (Phi) is 6.30. The number of rotatable bonds is 7. The zero-order valence-corrected chi connectivity index (χ0v) is 14.6. The van der Waals surface area contributed by atoms with Crippen LogP contribution in [-0.4, -0.2) is 32.7 Å². The van der Waals surface area contributed by atoms with E-state index in [1.54, 1.807) is 49.4 Å². The van der Waals surface area contributed by atoms with E-state index in [1.165, 1.54) is 12.1 Å². The highest BCUT2D eigenvalue weighted by atomic mass is 32.2. The Hall–Kier alpha value is -2.67. The van der Waals surface area contributed by atoms with Crippen LogP contribution in [0.5, 0.6) is 0 Å². The lowest BCUT2D eigenvalue weighted by Crippen LogP contribution is -2.23. The monoisotopic (exact) mass is 361 g/mol. The average molecular weight is 361 g/mol. The SMILES string of the molecule is CCOC(=O)c1ccc(CS(=O)(=O)CC(=O)Nc2ccccc2)cc1. The van der Waals surface area contributed by atoms with Gasteiger partial charge in [-0.1, -0.05) is 30.3 Å². The van der Waals surface area contributed by atoms with Gasteiger partial charge in [0.1, 0.15) is 5.75 Å². The first kappa shape index (κ1) is 18.7. The van der Waals surface area contributed by atoms with Crippen molar-refractivity contribution in [2.45, 2.75) is 12.7 Å². The van der Waals surface area contributed by atoms with Gasteiger partial charge in [0.05, 0.1) is 17.9 Å². The van der Waals surface area contributed by atoms with Crippen LogP contribution in [0.25, 0.3) is 0 Å². The van der Waals surface area contributed by atoms with E-state index >= 15 is 0 Å². The van der Waals surface area contributed by atoms with Crippen molar-refractivity contribution < 1.29 is 22.7 Å². The number of nitrogens with one attached hydrogen (secondary N) is 1. The van der Waals surface area contributed by atoms with Crippen molar-refractivity contribution >= 4 is 27.4 Å². The van der Waals surface area contributed by atoms with E-state index in [-0.39, 0.29) is 12.4 Å². The van der Waals surface area contributed by atoms with Crippen LogP contribution >= 0.6 is 0 Å². The Morgan fingerprint density at radius 2 is 1.64 bits per heavy atom. The van der Waals surface area contributed by atoms with E-state index < -0.39 is 27.5 Å². The van der Waals surface area contributed by atoms with E-state index in [1.807, 2.05) is 0 Å². The Morgan fingerprint density at radius 3 is 2.24 bits per heavy atom. The summed E-state index contributed by atoms with van der Waals surface area (Å²) in [4.78, 5) is 23.4. The number of carbonyl (C=O) groups is 2. The Bertz CT molecular complexity index is 830. The molecule has 0 bridgehead atoms. The molecule has 6 nitrogen and oxygen atoms in total. The van der Waals surface area contributed by atoms with E-state index in [2.05, 4.69) is 5.32 Å². The van der Waals surface area contributed by atoms with Crippen LogP contribution in [0.4, 0.5) is 5.69 Å². The van der Waals surface area contributed by atoms with Crippen molar-refractivity contribution in [2.75, 3.05) is 17.7 Å². The second-order valence-corrected chi connectivity index (χ2v) is 7.43. The van der Waals surface area contributed by atoms with Crippen molar-refractivity contribution in [3.8, 4) is 0 Å². The van der Waals surface area contributed by atoms with Crippen molar-refractivity contribution in [3.05, 3.63) is 65.7 Å². The number of sulfone groups is 1. The Labute approximate surface area is 146 Å². The van der Waals surface area contributed by atoms with Gasteiger partial charge in [0.2, 0.25) is 5.91 Å². The molecule has 0 radical (unpaired) electrons. The first-order valence-electron chi connectivity index (χ1n) is 7.71. The number of hydrogen-bond acceptors (Lipinski definition) is 5. The number of esters is 1. The van der Waals surface area contributed by atoms with Crippen LogP contribution in [0.1, 0.15) is 22.8 Å². The maximum atomic E-state index is 12.2. The Morgan fingerprint density at radius 1 is 1.00 bits per heavy atom. The highest BCUT2D eigenvalue weighted by Gasteiger charge is 2.18. The van der Waals surface area contributed by atoms with E-state index in [9.17, 15) is 18.0 Å². The standard InChI is InChI=1S/C18H19NO5S/c1-2-24-18(21)15-10-8-14(9-11-15)12-25(22,23)13-17(20)19-16-6-4-3-5-7-16/h3-11H,2,12-13H2,1H3,(H,19,20). The molecule has 1 N–H and O–H groups in total. The normalized spacial score (nSPS) is 10.9. The lowest BCUT2D eigenvalue weighted by Gasteiger charge is -2.07. The van der Waals surface area contributed by atoms with Crippen LogP contribution in [-0.2, 0) is 25.1 Å². The summed E-state index contributed by atoms with van der Waals surface area (Å²) in [7, 11) is -3.63. The minimum absolute atomic E-state index is 0.269. The summed E-state index contributed by atoms with van der Waals surface area (Å²) in [6, 6.07) is 14.7. The topological polar surface area (TPSA) is 89.5 Å². The lowest BCUT2D eigenvalue weighted by molar-refractivity contribution is -0.113. The maximum absolute atomic E-state index is 12.2. The molecule has 0 aliphatic rings. The number of anilines is 1. The van der Waals surface area contributed by atoms with Crippen LogP contribution < -0.4 is 5.32 Å². The minimum Gasteiger partial charge on any atom is -0.462 e. The van der Waals surface area contributed by atoms with Gasteiger partial charge >= 0.3 is 5.97 Å². The zero-order chi connectivity index (χ0) is 18.3. The van der Waals surface area contributed by atoms with Crippen LogP contribution in [0.2, 0.25) is 0 Å². The predicted octanol–water partition coefficient (Wildman–Crippen LogP) is 2.42. The highest BCUT2D eigenvalue weighted by Crippen LogP contribution is 2.11. The summed E-state index contributed by atoms with van der Waals surface area (Å²) in [5, 5.41) is 2.54. The molecular weight excluding hydrogens is 342 g/mol. The van der Waals surface area contributed by atoms with Gasteiger partial charge in [-0.2, -0.15) is 0 Å². The van der Waals surface area contributed by atoms with Crippen LogP contribution in [0, 0.1) is 0 Å². The third-order valence-corrected chi connectivity index (χ3v) is 4.74. The molecule has 0 saturated heterocycles. The number of amides is 1. The van der Waals surface area contributed by atoms with Crippen molar-refractivity contribution in [1.29, 1.82) is 0 Å². The highest BCUT2D eigenvalue weighted by molar-refractivity contribution is 7.91. The van der Waals surface area contributed by atoms with Gasteiger partial charge in [0.25, 0.3) is 0 Å². The van der Waals surface area contributed by atoms with Gasteiger partial charge in [0, 0.05) is 5.69 Å². The van der Waals surface area contributed by atoms with Gasteiger partial charge in [-0.15, -0.1) is 0 Å². The molecule has 132 valence electrons. The second kappa shape index (κ2) is 8.43. The first-order chi connectivity index (χ1) is 11.9. The molecule has 0 aliphatic carbocycles. The van der Waals surface area contributed by atoms with Crippen LogP contribution in [0.15, 0.2) is 54.6 Å². The molecule has 0 saturated carbocycles. The largest absolute Gasteiger partial charge is 0.462 e. The molecule has 2 aromatic rings. The maximum Gasteiger partial charge on any atom is 0.338 e. The molecular formula is C18H19NO5S. The average Bonchev–Trinajstić information content (AvgIpc) is 2.55. The van der Waals surface area contributed by atoms with Gasteiger partial charge < -0.3 is 10.1 Å². The molecule has 2 aromatic carbocycles. The minimum atomic E-state index is -3.63. The molecule has 7 heteroatoms. The number of carbonyl (C=O) groups excluding carboxylic acids is 2. The summed E-state index contributed by atoms with van der Waals surface area (Å²) in [6.45, 7) is 1.98. The molecule has 0 unspecified atom stereocenters. The smallest absolute Gasteiger partial charge is 0.338 e. The molecule has 0 aromatic heterocycles. The van der Waals surface area contributed by atoms with E-state index in [0.717, 1.165) is 0 Å². The molecule has 1 amide bonds. The quantitative estimate of drug-likeness (QED) is 0.765. The summed E-state index contributed by atoms with van der Waals surface area (Å²) < 4.78 is 29.2. The number of para-hydroxylation sites is 1. The van der Waals surface area contributed by atoms with Gasteiger partial charge in [-0.05, 0) is 36.8 Å². The Balaban J connectivity index is 1.96. The fraction of sp³-hybridized carbons (Fsp3) is 0.222. The summed E-state index contributed by atoms with van der Waals surface area (Å²) >= 11 is 0. The molecule has 2 rings (SSSR count). The lowest BCUT2D eigenvalue weighted by atomic mass is 10.1. The van der Waals surface area contributed by atoms with Crippen LogP contribution in [0.3, 0.4) is 0 Å². The first-order valence-corrected chi connectivity index (χ1v) is 9.53. The van der Waals surface area contributed by atoms with E-state index in [4.69, 9.17) is 4.74 Å². The fourth-order valence-electron chi connectivity index (χ4n) is 2.17. The summed E-state index contributed by atoms with van der Waals surface area (Å²) in [5.74, 6) is -1.94. The molecule has 0 aliphatic heterocycles. The molecule has 0 atom stereocenters. The molecule has 0 fully saturated rings. The van der Waals surface area contributed by atoms with Crippen molar-refractivity contribution in [2.24, 2.45) is 0 Å². The third-order valence-electron chi connectivity index (χ3n) is 3.26. The number of ether oxygens (including phenoxy) is 1. The number of benzene rings is 2. The molecule has 0 heterocycles. The molecule has 25 heavy (non-hydrogen) atoms. The van der Waals surface area contributed by atoms with Crippen molar-refractivity contribution in [3.63, 3.8) is 0 Å². The van der Waals surface area contributed by atoms with E-state index in [0.29, 0.717) is 16.8 Å². The number of hydrogen-bond donors (Lipinski definition) is 1. The third kappa shape index (κ3) is 6.04. The summed E-state index contributed by atoms with van der Waals surface area (Å²) in [6.07, 6.45) is 0. The summed E-state index contributed by atoms with van der Waals surface area (Å²) in [5.41, 5.74) is 1.40. The van der Waals surface area contributed by atoms with Gasteiger partial charge in [0.15, 0.2) is 9.84 Å². The second-order valence-electron chi connectivity index (χ2n) is 5.36. The van der Waals surface area contributed by atoms with Crippen molar-refractivity contribution in [1.82, 2.24) is 0 Å². The zero-order valence-electron chi connectivity index (χ0n) is 13.8.